The monoisotopic (exact) mass is 180 g/mol. The molecule has 1 N–H and O–H groups in total. The molecule has 1 unspecified atom stereocenters. The van der Waals surface area contributed by atoms with Gasteiger partial charge in [0.05, 0.1) is 6.21 Å². The summed E-state index contributed by atoms with van der Waals surface area (Å²) in [5.74, 6) is 0. The lowest BCUT2D eigenvalue weighted by Crippen LogP contribution is -1.97. The van der Waals surface area contributed by atoms with Crippen molar-refractivity contribution in [2.24, 2.45) is 5.16 Å². The second-order valence-electron chi connectivity index (χ2n) is 1.97. The van der Waals surface area contributed by atoms with Gasteiger partial charge in [-0.05, 0) is 13.8 Å². The molecule has 0 saturated carbocycles. The zero-order chi connectivity index (χ0) is 8.69. The van der Waals surface area contributed by atoms with Crippen LogP contribution in [0.15, 0.2) is 5.16 Å². The molecule has 0 rings (SSSR count). The molecular formula is C5H11NO4P+. The zero-order valence-corrected chi connectivity index (χ0v) is 7.32. The highest BCUT2D eigenvalue weighted by Crippen LogP contribution is 2.24. The van der Waals surface area contributed by atoms with Crippen LogP contribution in [0, 0.1) is 0 Å². The van der Waals surface area contributed by atoms with Crippen LogP contribution in [0.1, 0.15) is 13.8 Å². The minimum Gasteiger partial charge on any atom is -0.411 e. The fourth-order valence-electron chi connectivity index (χ4n) is 0.330. The molecule has 0 aromatic heterocycles. The van der Waals surface area contributed by atoms with Crippen LogP contribution >= 0.6 is 8.25 Å². The van der Waals surface area contributed by atoms with E-state index in [1.165, 1.54) is 0 Å². The Kier molecular flexibility index (Phi) is 5.93. The van der Waals surface area contributed by atoms with Gasteiger partial charge in [0, 0.05) is 4.57 Å². The quantitative estimate of drug-likeness (QED) is 0.301. The lowest BCUT2D eigenvalue weighted by molar-refractivity contribution is 0.200. The van der Waals surface area contributed by atoms with E-state index < -0.39 is 8.25 Å². The van der Waals surface area contributed by atoms with Crippen molar-refractivity contribution in [2.75, 3.05) is 6.61 Å². The number of nitrogens with zero attached hydrogens (tertiary/aromatic N) is 1. The smallest absolute Gasteiger partial charge is 0.411 e. The lowest BCUT2D eigenvalue weighted by atomic mass is 10.5. The summed E-state index contributed by atoms with van der Waals surface area (Å²) >= 11 is 0. The van der Waals surface area contributed by atoms with Crippen LogP contribution in [0.2, 0.25) is 0 Å². The molecule has 0 aromatic carbocycles. The number of rotatable bonds is 5. The van der Waals surface area contributed by atoms with E-state index in [4.69, 9.17) is 9.73 Å². The first-order valence-corrected chi connectivity index (χ1v) is 4.19. The van der Waals surface area contributed by atoms with Gasteiger partial charge in [-0.25, -0.2) is 0 Å². The summed E-state index contributed by atoms with van der Waals surface area (Å²) < 4.78 is 20.0. The summed E-state index contributed by atoms with van der Waals surface area (Å²) in [7, 11) is -2.08. The first-order chi connectivity index (χ1) is 5.16. The minimum absolute atomic E-state index is 0.0155. The Bertz CT molecular complexity index is 147. The van der Waals surface area contributed by atoms with Gasteiger partial charge in [-0.1, -0.05) is 5.16 Å². The van der Waals surface area contributed by atoms with E-state index in [0.29, 0.717) is 0 Å². The van der Waals surface area contributed by atoms with Crippen molar-refractivity contribution in [1.29, 1.82) is 0 Å². The van der Waals surface area contributed by atoms with E-state index in [2.05, 4.69) is 9.68 Å². The molecule has 0 radical (unpaired) electrons. The van der Waals surface area contributed by atoms with Crippen LogP contribution in [0.25, 0.3) is 0 Å². The highest BCUT2D eigenvalue weighted by Gasteiger charge is 2.21. The lowest BCUT2D eigenvalue weighted by Gasteiger charge is -1.90. The van der Waals surface area contributed by atoms with E-state index in [1.807, 2.05) is 0 Å². The van der Waals surface area contributed by atoms with Gasteiger partial charge in [0.25, 0.3) is 0 Å². The van der Waals surface area contributed by atoms with E-state index in [0.717, 1.165) is 6.21 Å². The molecular weight excluding hydrogens is 169 g/mol. The summed E-state index contributed by atoms with van der Waals surface area (Å²) in [6.07, 6.45) is 0.946. The predicted molar refractivity (Wildman–Crippen MR) is 40.1 cm³/mol. The zero-order valence-electron chi connectivity index (χ0n) is 6.43. The number of hydrogen-bond donors (Lipinski definition) is 1. The Hall–Kier alpha value is -0.510. The first-order valence-electron chi connectivity index (χ1n) is 3.09. The Morgan fingerprint density at radius 1 is 1.73 bits per heavy atom. The largest absolute Gasteiger partial charge is 0.698 e. The third-order valence-corrected chi connectivity index (χ3v) is 1.59. The van der Waals surface area contributed by atoms with Crippen molar-refractivity contribution < 1.29 is 18.8 Å². The molecule has 1 atom stereocenters. The standard InChI is InChI=1S/C5H10NO4P/c1-5(2)10-11(8)9-4-3-6-7/h3,5H,4H2,1-2H3/p+1. The summed E-state index contributed by atoms with van der Waals surface area (Å²) in [5, 5.41) is 10.6. The van der Waals surface area contributed by atoms with E-state index >= 15 is 0 Å². The summed E-state index contributed by atoms with van der Waals surface area (Å²) in [6, 6.07) is 0. The third-order valence-electron chi connectivity index (χ3n) is 0.633. The molecule has 0 amide bonds. The Morgan fingerprint density at radius 2 is 2.36 bits per heavy atom. The van der Waals surface area contributed by atoms with Gasteiger partial charge in [0.15, 0.2) is 0 Å². The first kappa shape index (κ1) is 10.5. The average Bonchev–Trinajstić information content (AvgIpc) is 1.86. The Labute approximate surface area is 65.9 Å². The van der Waals surface area contributed by atoms with E-state index in [9.17, 15) is 4.57 Å². The van der Waals surface area contributed by atoms with Gasteiger partial charge in [0.1, 0.15) is 12.7 Å². The number of hydrogen-bond acceptors (Lipinski definition) is 5. The third kappa shape index (κ3) is 7.39. The van der Waals surface area contributed by atoms with Crippen LogP contribution in [-0.4, -0.2) is 24.1 Å². The second-order valence-corrected chi connectivity index (χ2v) is 2.89. The van der Waals surface area contributed by atoms with Gasteiger partial charge in [-0.2, -0.15) is 0 Å². The maximum absolute atomic E-state index is 10.7. The highest BCUT2D eigenvalue weighted by molar-refractivity contribution is 7.33. The van der Waals surface area contributed by atoms with Crippen molar-refractivity contribution in [3.63, 3.8) is 0 Å². The maximum atomic E-state index is 10.7. The van der Waals surface area contributed by atoms with E-state index in [1.54, 1.807) is 13.8 Å². The SMILES string of the molecule is CC(C)O[P+](=O)OCC=NO. The maximum Gasteiger partial charge on any atom is 0.698 e. The molecule has 0 aliphatic rings. The summed E-state index contributed by atoms with van der Waals surface area (Å²) in [4.78, 5) is 0. The molecule has 5 nitrogen and oxygen atoms in total. The van der Waals surface area contributed by atoms with Crippen LogP contribution in [-0.2, 0) is 13.6 Å². The molecule has 0 aliphatic carbocycles. The molecule has 0 aromatic rings. The highest BCUT2D eigenvalue weighted by atomic mass is 31.1. The van der Waals surface area contributed by atoms with Crippen molar-refractivity contribution in [1.82, 2.24) is 0 Å². The molecule has 0 aliphatic heterocycles. The topological polar surface area (TPSA) is 68.1 Å². The molecule has 6 heteroatoms. The van der Waals surface area contributed by atoms with Crippen LogP contribution in [0.3, 0.4) is 0 Å². The van der Waals surface area contributed by atoms with E-state index in [-0.39, 0.29) is 12.7 Å². The van der Waals surface area contributed by atoms with Crippen molar-refractivity contribution >= 4 is 14.5 Å². The van der Waals surface area contributed by atoms with Gasteiger partial charge < -0.3 is 5.21 Å². The molecule has 0 spiro atoms. The predicted octanol–water partition coefficient (Wildman–Crippen LogP) is 1.55. The van der Waals surface area contributed by atoms with Gasteiger partial charge in [-0.3, -0.25) is 0 Å². The van der Waals surface area contributed by atoms with Crippen LogP contribution in [0.5, 0.6) is 0 Å². The minimum atomic E-state index is -2.08. The fraction of sp³-hybridized carbons (Fsp3) is 0.800. The Balaban J connectivity index is 3.37. The van der Waals surface area contributed by atoms with Crippen LogP contribution < -0.4 is 0 Å². The number of oxime groups is 1. The fourth-order valence-corrected chi connectivity index (χ4v) is 0.924. The molecule has 64 valence electrons. The van der Waals surface area contributed by atoms with Gasteiger partial charge in [-0.15, -0.1) is 9.05 Å². The summed E-state index contributed by atoms with van der Waals surface area (Å²) in [5.41, 5.74) is 0. The second kappa shape index (κ2) is 6.22. The molecule has 0 fully saturated rings. The average molecular weight is 180 g/mol. The van der Waals surface area contributed by atoms with Gasteiger partial charge in [0.2, 0.25) is 0 Å². The van der Waals surface area contributed by atoms with Crippen molar-refractivity contribution in [3.05, 3.63) is 0 Å². The Morgan fingerprint density at radius 3 is 2.82 bits per heavy atom. The molecule has 0 heterocycles. The van der Waals surface area contributed by atoms with Crippen LogP contribution in [0.4, 0.5) is 0 Å². The van der Waals surface area contributed by atoms with Gasteiger partial charge >= 0.3 is 8.25 Å². The molecule has 0 saturated heterocycles. The normalized spacial score (nSPS) is 12.8. The van der Waals surface area contributed by atoms with Crippen molar-refractivity contribution in [3.8, 4) is 0 Å². The van der Waals surface area contributed by atoms with Crippen molar-refractivity contribution in [2.45, 2.75) is 20.0 Å². The molecule has 11 heavy (non-hydrogen) atoms. The molecule has 0 bridgehead atoms. The summed E-state index contributed by atoms with van der Waals surface area (Å²) in [6.45, 7) is 3.48.